The van der Waals surface area contributed by atoms with Crippen LogP contribution in [0.15, 0.2) is 35.3 Å². The maximum Gasteiger partial charge on any atom is 0.318 e. The molecule has 1 heterocycles. The summed E-state index contributed by atoms with van der Waals surface area (Å²) in [5, 5.41) is 2.53. The molecule has 0 aromatic heterocycles. The van der Waals surface area contributed by atoms with Gasteiger partial charge in [0.05, 0.1) is 6.54 Å². The molecule has 84 valence electrons. The number of nitrogens with zero attached hydrogens (tertiary/aromatic N) is 2. The van der Waals surface area contributed by atoms with Crippen LogP contribution >= 0.6 is 0 Å². The van der Waals surface area contributed by atoms with Gasteiger partial charge < -0.3 is 10.6 Å². The highest BCUT2D eigenvalue weighted by Crippen LogP contribution is 2.07. The third-order valence-corrected chi connectivity index (χ3v) is 2.38. The molecule has 0 saturated carbocycles. The first-order valence-corrected chi connectivity index (χ1v) is 5.15. The maximum atomic E-state index is 10.8. The second-order valence-corrected chi connectivity index (χ2v) is 3.60. The second-order valence-electron chi connectivity index (χ2n) is 3.60. The highest BCUT2D eigenvalue weighted by molar-refractivity contribution is 5.96. The van der Waals surface area contributed by atoms with E-state index in [1.54, 1.807) is 0 Å². The summed E-state index contributed by atoms with van der Waals surface area (Å²) in [6.45, 7) is 2.24. The van der Waals surface area contributed by atoms with Crippen molar-refractivity contribution in [2.45, 2.75) is 6.54 Å². The van der Waals surface area contributed by atoms with E-state index in [1.807, 2.05) is 35.2 Å². The highest BCUT2D eigenvalue weighted by atomic mass is 16.2. The first-order chi connectivity index (χ1) is 7.75. The molecule has 1 aromatic carbocycles. The predicted molar refractivity (Wildman–Crippen MR) is 61.9 cm³/mol. The summed E-state index contributed by atoms with van der Waals surface area (Å²) in [6.07, 6.45) is 0. The van der Waals surface area contributed by atoms with E-state index in [4.69, 9.17) is 5.73 Å². The van der Waals surface area contributed by atoms with Gasteiger partial charge in [0.2, 0.25) is 5.96 Å². The number of amides is 2. The lowest BCUT2D eigenvalue weighted by Crippen LogP contribution is -2.43. The Kier molecular flexibility index (Phi) is 3.05. The van der Waals surface area contributed by atoms with E-state index >= 15 is 0 Å². The summed E-state index contributed by atoms with van der Waals surface area (Å²) in [5.41, 5.74) is 6.25. The minimum atomic E-state index is -0.571. The third-order valence-electron chi connectivity index (χ3n) is 2.38. The fourth-order valence-electron chi connectivity index (χ4n) is 1.67. The van der Waals surface area contributed by atoms with Crippen molar-refractivity contribution in [2.24, 2.45) is 10.7 Å². The number of carbonyl (C=O) groups is 1. The van der Waals surface area contributed by atoms with E-state index in [1.165, 1.54) is 5.56 Å². The van der Waals surface area contributed by atoms with Crippen molar-refractivity contribution in [3.05, 3.63) is 35.9 Å². The van der Waals surface area contributed by atoms with Gasteiger partial charge in [-0.2, -0.15) is 0 Å². The van der Waals surface area contributed by atoms with Crippen molar-refractivity contribution in [3.8, 4) is 0 Å². The number of guanidine groups is 1. The average Bonchev–Trinajstić information content (AvgIpc) is 2.66. The second kappa shape index (κ2) is 4.65. The molecule has 1 aromatic rings. The number of primary amides is 1. The van der Waals surface area contributed by atoms with Crippen LogP contribution in [0.2, 0.25) is 0 Å². The summed E-state index contributed by atoms with van der Waals surface area (Å²) >= 11 is 0. The van der Waals surface area contributed by atoms with E-state index in [2.05, 4.69) is 10.3 Å². The molecule has 1 aliphatic heterocycles. The number of urea groups is 1. The van der Waals surface area contributed by atoms with Crippen molar-refractivity contribution in [3.63, 3.8) is 0 Å². The zero-order valence-corrected chi connectivity index (χ0v) is 8.89. The lowest BCUT2D eigenvalue weighted by molar-refractivity contribution is 0.252. The zero-order valence-electron chi connectivity index (χ0n) is 8.89. The Hall–Kier alpha value is -2.04. The molecule has 0 spiro atoms. The first-order valence-electron chi connectivity index (χ1n) is 5.15. The Morgan fingerprint density at radius 1 is 1.44 bits per heavy atom. The van der Waals surface area contributed by atoms with Crippen LogP contribution in [0.3, 0.4) is 0 Å². The number of aliphatic imine (C=N–C) groups is 1. The smallest absolute Gasteiger partial charge is 0.318 e. The van der Waals surface area contributed by atoms with Gasteiger partial charge in [-0.05, 0) is 5.56 Å². The minimum Gasteiger partial charge on any atom is -0.351 e. The normalized spacial score (nSPS) is 14.8. The molecule has 3 N–H and O–H groups in total. The molecule has 2 amide bonds. The number of nitrogens with two attached hydrogens (primary N) is 1. The largest absolute Gasteiger partial charge is 0.351 e. The van der Waals surface area contributed by atoms with Crippen molar-refractivity contribution in [2.75, 3.05) is 13.1 Å². The van der Waals surface area contributed by atoms with Crippen molar-refractivity contribution >= 4 is 12.0 Å². The van der Waals surface area contributed by atoms with E-state index < -0.39 is 6.03 Å². The van der Waals surface area contributed by atoms with Gasteiger partial charge in [-0.3, -0.25) is 10.3 Å². The fourth-order valence-corrected chi connectivity index (χ4v) is 1.67. The molecular formula is C11H14N4O. The molecule has 16 heavy (non-hydrogen) atoms. The van der Waals surface area contributed by atoms with Gasteiger partial charge in [-0.15, -0.1) is 0 Å². The van der Waals surface area contributed by atoms with Gasteiger partial charge in [0, 0.05) is 13.1 Å². The van der Waals surface area contributed by atoms with E-state index in [0.29, 0.717) is 12.5 Å². The van der Waals surface area contributed by atoms with E-state index in [-0.39, 0.29) is 0 Å². The molecule has 0 fully saturated rings. The molecule has 1 aliphatic rings. The number of rotatable bonds is 2. The first kappa shape index (κ1) is 10.5. The van der Waals surface area contributed by atoms with Crippen LogP contribution in [0.4, 0.5) is 4.79 Å². The van der Waals surface area contributed by atoms with Gasteiger partial charge in [0.15, 0.2) is 0 Å². The Morgan fingerprint density at radius 3 is 2.88 bits per heavy atom. The lowest BCUT2D eigenvalue weighted by Gasteiger charge is -2.19. The number of nitrogens with one attached hydrogen (secondary N) is 1. The predicted octanol–water partition coefficient (Wildman–Crippen LogP) is 0.527. The van der Waals surface area contributed by atoms with Crippen LogP contribution in [0.5, 0.6) is 0 Å². The molecule has 2 rings (SSSR count). The Labute approximate surface area is 94.0 Å². The van der Waals surface area contributed by atoms with Crippen LogP contribution in [0, 0.1) is 0 Å². The topological polar surface area (TPSA) is 70.7 Å². The van der Waals surface area contributed by atoms with Gasteiger partial charge in [-0.1, -0.05) is 30.3 Å². The lowest BCUT2D eigenvalue weighted by atomic mass is 10.2. The standard InChI is InChI=1S/C11H14N4O/c12-10(16)14-11-13-6-7-15(11)8-9-4-2-1-3-5-9/h1-5H,6-8H2,(H3,12,13,14,16). The Morgan fingerprint density at radius 2 is 2.19 bits per heavy atom. The number of hydrogen-bond acceptors (Lipinski definition) is 3. The fraction of sp³-hybridized carbons (Fsp3) is 0.273. The van der Waals surface area contributed by atoms with Crippen LogP contribution in [0.1, 0.15) is 5.56 Å². The van der Waals surface area contributed by atoms with Gasteiger partial charge in [-0.25, -0.2) is 4.79 Å². The summed E-state index contributed by atoms with van der Waals surface area (Å²) in [4.78, 5) is 16.9. The van der Waals surface area contributed by atoms with E-state index in [9.17, 15) is 4.79 Å². The van der Waals surface area contributed by atoms with Crippen molar-refractivity contribution in [1.29, 1.82) is 0 Å². The number of carbonyl (C=O) groups excluding carboxylic acids is 1. The highest BCUT2D eigenvalue weighted by Gasteiger charge is 2.17. The van der Waals surface area contributed by atoms with Crippen LogP contribution in [0.25, 0.3) is 0 Å². The molecular weight excluding hydrogens is 204 g/mol. The minimum absolute atomic E-state index is 0.566. The summed E-state index contributed by atoms with van der Waals surface area (Å²) in [5.74, 6) is 0.566. The van der Waals surface area contributed by atoms with Crippen LogP contribution < -0.4 is 11.1 Å². The zero-order chi connectivity index (χ0) is 11.4. The monoisotopic (exact) mass is 218 g/mol. The van der Waals surface area contributed by atoms with Crippen molar-refractivity contribution in [1.82, 2.24) is 10.2 Å². The molecule has 0 atom stereocenters. The van der Waals surface area contributed by atoms with Gasteiger partial charge >= 0.3 is 6.03 Å². The molecule has 0 bridgehead atoms. The van der Waals surface area contributed by atoms with Gasteiger partial charge in [0.25, 0.3) is 0 Å². The quantitative estimate of drug-likeness (QED) is 0.760. The average molecular weight is 218 g/mol. The van der Waals surface area contributed by atoms with Crippen molar-refractivity contribution < 1.29 is 4.79 Å². The maximum absolute atomic E-state index is 10.8. The van der Waals surface area contributed by atoms with Gasteiger partial charge in [0.1, 0.15) is 0 Å². The summed E-state index contributed by atoms with van der Waals surface area (Å²) < 4.78 is 0. The SMILES string of the molecule is NC(=O)NC1=NCCN1Cc1ccccc1. The Bertz CT molecular complexity index is 402. The molecule has 0 saturated heterocycles. The number of benzene rings is 1. The molecule has 5 nitrogen and oxygen atoms in total. The van der Waals surface area contributed by atoms with Crippen LogP contribution in [-0.2, 0) is 6.54 Å². The molecule has 0 aliphatic carbocycles. The summed E-state index contributed by atoms with van der Waals surface area (Å²) in [7, 11) is 0. The van der Waals surface area contributed by atoms with Crippen LogP contribution in [-0.4, -0.2) is 30.0 Å². The third kappa shape index (κ3) is 2.50. The summed E-state index contributed by atoms with van der Waals surface area (Å²) in [6, 6.07) is 9.47. The molecule has 0 unspecified atom stereocenters. The van der Waals surface area contributed by atoms with E-state index in [0.717, 1.165) is 13.1 Å². The number of hydrogen-bond donors (Lipinski definition) is 2. The molecule has 5 heteroatoms. The molecule has 0 radical (unpaired) electrons. The Balaban J connectivity index is 2.00.